The van der Waals surface area contributed by atoms with Gasteiger partial charge in [0.25, 0.3) is 0 Å². The van der Waals surface area contributed by atoms with Crippen LogP contribution in [0.25, 0.3) is 0 Å². The predicted molar refractivity (Wildman–Crippen MR) is 62.1 cm³/mol. The molecule has 5 heteroatoms. The molecule has 0 bridgehead atoms. The van der Waals surface area contributed by atoms with Crippen LogP contribution in [0.1, 0.15) is 18.4 Å². The lowest BCUT2D eigenvalue weighted by molar-refractivity contribution is -0.121. The van der Waals surface area contributed by atoms with E-state index < -0.39 is 5.82 Å². The van der Waals surface area contributed by atoms with Crippen molar-refractivity contribution in [2.45, 2.75) is 12.8 Å². The smallest absolute Gasteiger partial charge is 0.234 e. The number of halogens is 1. The van der Waals surface area contributed by atoms with Crippen LogP contribution in [-0.4, -0.2) is 23.5 Å². The lowest BCUT2D eigenvalue weighted by Gasteiger charge is -2.13. The molecule has 0 atom stereocenters. The van der Waals surface area contributed by atoms with E-state index >= 15 is 0 Å². The standard InChI is InChI=1S/C13H10FNO3/c14-11-8-10(4-3-9(11)2-1-7-16)15-12(17)5-6-13(15)18/h3-4,8,16H,5-7H2. The molecule has 0 radical (unpaired) electrons. The number of imide groups is 1. The molecular formula is C13H10FNO3. The highest BCUT2D eigenvalue weighted by Crippen LogP contribution is 2.24. The van der Waals surface area contributed by atoms with Crippen LogP contribution in [0.4, 0.5) is 10.1 Å². The first-order valence-electron chi connectivity index (χ1n) is 5.38. The van der Waals surface area contributed by atoms with E-state index in [1.807, 2.05) is 0 Å². The summed E-state index contributed by atoms with van der Waals surface area (Å²) in [6.45, 7) is -0.357. The number of aliphatic hydroxyl groups excluding tert-OH is 1. The van der Waals surface area contributed by atoms with Crippen LogP contribution in [0.3, 0.4) is 0 Å². The molecule has 0 saturated carbocycles. The minimum Gasteiger partial charge on any atom is -0.384 e. The van der Waals surface area contributed by atoms with Gasteiger partial charge in [-0.3, -0.25) is 14.5 Å². The number of nitrogens with zero attached hydrogens (tertiary/aromatic N) is 1. The summed E-state index contributed by atoms with van der Waals surface area (Å²) in [7, 11) is 0. The minimum absolute atomic E-state index is 0.117. The summed E-state index contributed by atoms with van der Waals surface area (Å²) in [5.41, 5.74) is 0.335. The zero-order chi connectivity index (χ0) is 13.1. The van der Waals surface area contributed by atoms with Crippen molar-refractivity contribution in [3.05, 3.63) is 29.6 Å². The Balaban J connectivity index is 2.34. The molecule has 2 rings (SSSR count). The van der Waals surface area contributed by atoms with Crippen LogP contribution in [0, 0.1) is 17.7 Å². The van der Waals surface area contributed by atoms with Crippen LogP contribution in [0.15, 0.2) is 18.2 Å². The fraction of sp³-hybridized carbons (Fsp3) is 0.231. The van der Waals surface area contributed by atoms with Crippen molar-refractivity contribution in [3.8, 4) is 11.8 Å². The van der Waals surface area contributed by atoms with Gasteiger partial charge < -0.3 is 5.11 Å². The van der Waals surface area contributed by atoms with E-state index in [0.717, 1.165) is 11.0 Å². The molecule has 1 aromatic rings. The highest BCUT2D eigenvalue weighted by atomic mass is 19.1. The third kappa shape index (κ3) is 2.24. The van der Waals surface area contributed by atoms with Crippen molar-refractivity contribution in [1.82, 2.24) is 0 Å². The number of carbonyl (C=O) groups excluding carboxylic acids is 2. The Bertz CT molecular complexity index is 555. The van der Waals surface area contributed by atoms with Crippen molar-refractivity contribution < 1.29 is 19.1 Å². The molecule has 92 valence electrons. The Morgan fingerprint density at radius 1 is 1.28 bits per heavy atom. The molecular weight excluding hydrogens is 237 g/mol. The summed E-state index contributed by atoms with van der Waals surface area (Å²) < 4.78 is 13.6. The number of hydrogen-bond acceptors (Lipinski definition) is 3. The van der Waals surface area contributed by atoms with Gasteiger partial charge in [0, 0.05) is 12.8 Å². The first-order valence-corrected chi connectivity index (χ1v) is 5.38. The van der Waals surface area contributed by atoms with E-state index in [-0.39, 0.29) is 42.5 Å². The maximum Gasteiger partial charge on any atom is 0.234 e. The topological polar surface area (TPSA) is 57.6 Å². The van der Waals surface area contributed by atoms with Gasteiger partial charge in [-0.1, -0.05) is 11.8 Å². The minimum atomic E-state index is -0.624. The largest absolute Gasteiger partial charge is 0.384 e. The molecule has 1 aliphatic heterocycles. The molecule has 2 amide bonds. The van der Waals surface area contributed by atoms with Crippen LogP contribution >= 0.6 is 0 Å². The summed E-state index contributed by atoms with van der Waals surface area (Å²) in [5.74, 6) is 3.49. The van der Waals surface area contributed by atoms with Crippen LogP contribution < -0.4 is 4.90 Å². The zero-order valence-corrected chi connectivity index (χ0v) is 9.44. The average Bonchev–Trinajstić information content (AvgIpc) is 2.68. The Morgan fingerprint density at radius 2 is 1.94 bits per heavy atom. The lowest BCUT2D eigenvalue weighted by atomic mass is 10.2. The molecule has 0 aliphatic carbocycles. The SMILES string of the molecule is O=C1CCC(=O)N1c1ccc(C#CCO)c(F)c1. The van der Waals surface area contributed by atoms with Gasteiger partial charge in [-0.15, -0.1) is 0 Å². The number of benzene rings is 1. The second kappa shape index (κ2) is 4.98. The summed E-state index contributed by atoms with van der Waals surface area (Å²) in [5, 5.41) is 8.52. The Kier molecular flexibility index (Phi) is 3.40. The summed E-state index contributed by atoms with van der Waals surface area (Å²) in [6, 6.07) is 3.94. The van der Waals surface area contributed by atoms with E-state index in [1.54, 1.807) is 0 Å². The zero-order valence-electron chi connectivity index (χ0n) is 9.44. The van der Waals surface area contributed by atoms with Crippen LogP contribution in [0.2, 0.25) is 0 Å². The summed E-state index contributed by atoms with van der Waals surface area (Å²) in [6.07, 6.45) is 0.318. The Morgan fingerprint density at radius 3 is 2.50 bits per heavy atom. The van der Waals surface area contributed by atoms with Gasteiger partial charge in [0.05, 0.1) is 11.3 Å². The molecule has 18 heavy (non-hydrogen) atoms. The second-order valence-corrected chi connectivity index (χ2v) is 3.75. The highest BCUT2D eigenvalue weighted by molar-refractivity contribution is 6.19. The van der Waals surface area contributed by atoms with Crippen molar-refractivity contribution in [1.29, 1.82) is 0 Å². The first kappa shape index (κ1) is 12.3. The number of hydrogen-bond donors (Lipinski definition) is 1. The maximum atomic E-state index is 13.6. The van der Waals surface area contributed by atoms with Gasteiger partial charge in [-0.2, -0.15) is 0 Å². The number of amides is 2. The van der Waals surface area contributed by atoms with Crippen molar-refractivity contribution in [3.63, 3.8) is 0 Å². The van der Waals surface area contributed by atoms with Gasteiger partial charge in [0.1, 0.15) is 12.4 Å². The van der Waals surface area contributed by atoms with Crippen LogP contribution in [-0.2, 0) is 9.59 Å². The first-order chi connectivity index (χ1) is 8.63. The molecule has 1 saturated heterocycles. The van der Waals surface area contributed by atoms with Crippen molar-refractivity contribution >= 4 is 17.5 Å². The highest BCUT2D eigenvalue weighted by Gasteiger charge is 2.30. The van der Waals surface area contributed by atoms with Gasteiger partial charge >= 0.3 is 0 Å². The third-order valence-corrected chi connectivity index (χ3v) is 2.56. The molecule has 1 N–H and O–H groups in total. The molecule has 4 nitrogen and oxygen atoms in total. The molecule has 1 aliphatic rings. The van der Waals surface area contributed by atoms with E-state index in [0.29, 0.717) is 0 Å². The quantitative estimate of drug-likeness (QED) is 0.590. The number of aliphatic hydroxyl groups is 1. The fourth-order valence-electron chi connectivity index (χ4n) is 1.74. The Labute approximate surface area is 103 Å². The Hall–Kier alpha value is -2.19. The molecule has 1 fully saturated rings. The molecule has 0 spiro atoms. The number of rotatable bonds is 1. The lowest BCUT2D eigenvalue weighted by Crippen LogP contribution is -2.28. The van der Waals surface area contributed by atoms with E-state index in [1.165, 1.54) is 12.1 Å². The second-order valence-electron chi connectivity index (χ2n) is 3.75. The third-order valence-electron chi connectivity index (χ3n) is 2.56. The number of carbonyl (C=O) groups is 2. The average molecular weight is 247 g/mol. The van der Waals surface area contributed by atoms with Gasteiger partial charge in [0.15, 0.2) is 0 Å². The molecule has 1 heterocycles. The summed E-state index contributed by atoms with van der Waals surface area (Å²) in [4.78, 5) is 23.9. The van der Waals surface area contributed by atoms with E-state index in [2.05, 4.69) is 11.8 Å². The van der Waals surface area contributed by atoms with E-state index in [4.69, 9.17) is 5.11 Å². The molecule has 1 aromatic carbocycles. The molecule has 0 aromatic heterocycles. The van der Waals surface area contributed by atoms with Gasteiger partial charge in [-0.25, -0.2) is 4.39 Å². The normalized spacial score (nSPS) is 14.7. The van der Waals surface area contributed by atoms with Crippen molar-refractivity contribution in [2.75, 3.05) is 11.5 Å². The maximum absolute atomic E-state index is 13.6. The summed E-state index contributed by atoms with van der Waals surface area (Å²) >= 11 is 0. The van der Waals surface area contributed by atoms with Gasteiger partial charge in [0.2, 0.25) is 11.8 Å². The van der Waals surface area contributed by atoms with Crippen LogP contribution in [0.5, 0.6) is 0 Å². The fourth-order valence-corrected chi connectivity index (χ4v) is 1.74. The van der Waals surface area contributed by atoms with Gasteiger partial charge in [-0.05, 0) is 18.2 Å². The monoisotopic (exact) mass is 247 g/mol. The predicted octanol–water partition coefficient (Wildman–Crippen LogP) is 0.823. The molecule has 0 unspecified atom stereocenters. The van der Waals surface area contributed by atoms with Crippen molar-refractivity contribution in [2.24, 2.45) is 0 Å². The number of anilines is 1. The van der Waals surface area contributed by atoms with E-state index in [9.17, 15) is 14.0 Å².